The van der Waals surface area contributed by atoms with Crippen molar-refractivity contribution >= 4 is 11.3 Å². The van der Waals surface area contributed by atoms with Crippen molar-refractivity contribution in [2.75, 3.05) is 19.6 Å². The summed E-state index contributed by atoms with van der Waals surface area (Å²) in [7, 11) is 0. The summed E-state index contributed by atoms with van der Waals surface area (Å²) in [4.78, 5) is 3.82. The van der Waals surface area contributed by atoms with Gasteiger partial charge in [0, 0.05) is 11.4 Å². The van der Waals surface area contributed by atoms with Crippen molar-refractivity contribution in [1.29, 1.82) is 0 Å². The van der Waals surface area contributed by atoms with Gasteiger partial charge in [-0.2, -0.15) is 0 Å². The Kier molecular flexibility index (Phi) is 3.67. The maximum absolute atomic E-state index is 6.21. The summed E-state index contributed by atoms with van der Waals surface area (Å²) in [6.45, 7) is 8.14. The standard InChI is InChI=1S/C13H22N2S/c1-13(2)5-7-15(8-6-13)10-11(14)12-4-3-9-16-12/h3-4,9,11H,5-8,10,14H2,1-2H3. The predicted octanol–water partition coefficient (Wildman–Crippen LogP) is 2.87. The van der Waals surface area contributed by atoms with E-state index in [2.05, 4.69) is 36.3 Å². The average Bonchev–Trinajstić information content (AvgIpc) is 2.74. The molecule has 1 atom stereocenters. The van der Waals surface area contributed by atoms with Gasteiger partial charge in [0.25, 0.3) is 0 Å². The van der Waals surface area contributed by atoms with E-state index in [1.165, 1.54) is 30.8 Å². The molecule has 0 bridgehead atoms. The SMILES string of the molecule is CC1(C)CCN(CC(N)c2cccs2)CC1. The van der Waals surface area contributed by atoms with Gasteiger partial charge in [-0.05, 0) is 42.8 Å². The van der Waals surface area contributed by atoms with E-state index in [4.69, 9.17) is 5.73 Å². The van der Waals surface area contributed by atoms with Crippen LogP contribution in [0.25, 0.3) is 0 Å². The van der Waals surface area contributed by atoms with Crippen LogP contribution >= 0.6 is 11.3 Å². The molecular formula is C13H22N2S. The summed E-state index contributed by atoms with van der Waals surface area (Å²) >= 11 is 1.77. The number of rotatable bonds is 3. The first-order valence-corrected chi connectivity index (χ1v) is 6.96. The molecule has 3 heteroatoms. The van der Waals surface area contributed by atoms with Crippen molar-refractivity contribution in [2.45, 2.75) is 32.7 Å². The average molecular weight is 238 g/mol. The highest BCUT2D eigenvalue weighted by molar-refractivity contribution is 7.10. The molecule has 1 saturated heterocycles. The molecule has 90 valence electrons. The van der Waals surface area contributed by atoms with E-state index >= 15 is 0 Å². The fourth-order valence-electron chi connectivity index (χ4n) is 2.21. The molecule has 0 aliphatic carbocycles. The smallest absolute Gasteiger partial charge is 0.0519 e. The molecular weight excluding hydrogens is 216 g/mol. The second kappa shape index (κ2) is 4.86. The van der Waals surface area contributed by atoms with Crippen LogP contribution in [-0.4, -0.2) is 24.5 Å². The Morgan fingerprint density at radius 1 is 1.44 bits per heavy atom. The number of thiophene rings is 1. The number of hydrogen-bond acceptors (Lipinski definition) is 3. The summed E-state index contributed by atoms with van der Waals surface area (Å²) in [5, 5.41) is 2.11. The first-order chi connectivity index (χ1) is 7.57. The van der Waals surface area contributed by atoms with Gasteiger partial charge in [-0.3, -0.25) is 0 Å². The largest absolute Gasteiger partial charge is 0.322 e. The van der Waals surface area contributed by atoms with Crippen LogP contribution in [0.1, 0.15) is 37.6 Å². The molecule has 16 heavy (non-hydrogen) atoms. The van der Waals surface area contributed by atoms with Crippen LogP contribution in [0, 0.1) is 5.41 Å². The molecule has 2 nitrogen and oxygen atoms in total. The van der Waals surface area contributed by atoms with Crippen LogP contribution in [0.15, 0.2) is 17.5 Å². The van der Waals surface area contributed by atoms with E-state index in [0.29, 0.717) is 5.41 Å². The summed E-state index contributed by atoms with van der Waals surface area (Å²) in [5.41, 5.74) is 6.74. The fraction of sp³-hybridized carbons (Fsp3) is 0.692. The molecule has 0 radical (unpaired) electrons. The molecule has 1 aromatic rings. The Morgan fingerprint density at radius 2 is 2.12 bits per heavy atom. The molecule has 0 saturated carbocycles. The molecule has 1 fully saturated rings. The minimum Gasteiger partial charge on any atom is -0.322 e. The molecule has 1 unspecified atom stereocenters. The number of piperidine rings is 1. The summed E-state index contributed by atoms with van der Waals surface area (Å²) < 4.78 is 0. The third-order valence-electron chi connectivity index (χ3n) is 3.57. The summed E-state index contributed by atoms with van der Waals surface area (Å²) in [5.74, 6) is 0. The Labute approximate surface area is 102 Å². The van der Waals surface area contributed by atoms with Crippen molar-refractivity contribution in [3.63, 3.8) is 0 Å². The Morgan fingerprint density at radius 3 is 2.69 bits per heavy atom. The summed E-state index contributed by atoms with van der Waals surface area (Å²) in [6, 6.07) is 4.42. The topological polar surface area (TPSA) is 29.3 Å². The van der Waals surface area contributed by atoms with E-state index in [9.17, 15) is 0 Å². The van der Waals surface area contributed by atoms with Gasteiger partial charge >= 0.3 is 0 Å². The zero-order valence-corrected chi connectivity index (χ0v) is 11.1. The lowest BCUT2D eigenvalue weighted by Gasteiger charge is -2.37. The first kappa shape index (κ1) is 12.1. The second-order valence-electron chi connectivity index (χ2n) is 5.59. The molecule has 1 aliphatic rings. The Hall–Kier alpha value is -0.380. The zero-order valence-electron chi connectivity index (χ0n) is 10.3. The lowest BCUT2D eigenvalue weighted by Crippen LogP contribution is -2.40. The van der Waals surface area contributed by atoms with Gasteiger partial charge < -0.3 is 10.6 Å². The third-order valence-corrected chi connectivity index (χ3v) is 4.58. The highest BCUT2D eigenvalue weighted by atomic mass is 32.1. The normalized spacial score (nSPS) is 23.2. The molecule has 0 amide bonds. The Balaban J connectivity index is 1.83. The quantitative estimate of drug-likeness (QED) is 0.877. The van der Waals surface area contributed by atoms with E-state index < -0.39 is 0 Å². The second-order valence-corrected chi connectivity index (χ2v) is 6.57. The van der Waals surface area contributed by atoms with Crippen LogP contribution in [0.3, 0.4) is 0 Å². The van der Waals surface area contributed by atoms with Gasteiger partial charge in [0.2, 0.25) is 0 Å². The van der Waals surface area contributed by atoms with Crippen molar-refractivity contribution in [3.8, 4) is 0 Å². The van der Waals surface area contributed by atoms with Gasteiger partial charge in [-0.15, -0.1) is 11.3 Å². The maximum atomic E-state index is 6.21. The summed E-state index contributed by atoms with van der Waals surface area (Å²) in [6.07, 6.45) is 2.59. The fourth-order valence-corrected chi connectivity index (χ4v) is 2.93. The van der Waals surface area contributed by atoms with Crippen molar-refractivity contribution in [1.82, 2.24) is 4.90 Å². The van der Waals surface area contributed by atoms with Crippen LogP contribution in [0.5, 0.6) is 0 Å². The maximum Gasteiger partial charge on any atom is 0.0519 e. The van der Waals surface area contributed by atoms with Crippen molar-refractivity contribution in [3.05, 3.63) is 22.4 Å². The number of likely N-dealkylation sites (tertiary alicyclic amines) is 1. The lowest BCUT2D eigenvalue weighted by atomic mass is 9.82. The monoisotopic (exact) mass is 238 g/mol. The minimum atomic E-state index is 0.196. The van der Waals surface area contributed by atoms with Gasteiger partial charge in [0.15, 0.2) is 0 Å². The predicted molar refractivity (Wildman–Crippen MR) is 70.7 cm³/mol. The van der Waals surface area contributed by atoms with Gasteiger partial charge in [-0.1, -0.05) is 19.9 Å². The van der Waals surface area contributed by atoms with Gasteiger partial charge in [0.05, 0.1) is 6.04 Å². The Bertz CT molecular complexity index is 309. The molecule has 2 heterocycles. The highest BCUT2D eigenvalue weighted by Crippen LogP contribution is 2.30. The number of nitrogens with two attached hydrogens (primary N) is 1. The highest BCUT2D eigenvalue weighted by Gasteiger charge is 2.26. The van der Waals surface area contributed by atoms with E-state index in [1.54, 1.807) is 11.3 Å². The van der Waals surface area contributed by atoms with Gasteiger partial charge in [-0.25, -0.2) is 0 Å². The van der Waals surface area contributed by atoms with Gasteiger partial charge in [0.1, 0.15) is 0 Å². The first-order valence-electron chi connectivity index (χ1n) is 6.08. The lowest BCUT2D eigenvalue weighted by molar-refractivity contribution is 0.127. The molecule has 2 N–H and O–H groups in total. The molecule has 0 aromatic carbocycles. The van der Waals surface area contributed by atoms with E-state index in [0.717, 1.165) is 6.54 Å². The molecule has 2 rings (SSSR count). The van der Waals surface area contributed by atoms with Crippen LogP contribution in [-0.2, 0) is 0 Å². The van der Waals surface area contributed by atoms with E-state index in [1.807, 2.05) is 0 Å². The van der Waals surface area contributed by atoms with Crippen molar-refractivity contribution in [2.24, 2.45) is 11.1 Å². The minimum absolute atomic E-state index is 0.196. The number of hydrogen-bond donors (Lipinski definition) is 1. The van der Waals surface area contributed by atoms with Crippen LogP contribution in [0.2, 0.25) is 0 Å². The van der Waals surface area contributed by atoms with Crippen molar-refractivity contribution < 1.29 is 0 Å². The molecule has 1 aromatic heterocycles. The molecule has 0 spiro atoms. The van der Waals surface area contributed by atoms with Crippen LogP contribution < -0.4 is 5.73 Å². The molecule has 1 aliphatic heterocycles. The van der Waals surface area contributed by atoms with Crippen LogP contribution in [0.4, 0.5) is 0 Å². The zero-order chi connectivity index (χ0) is 11.6. The van der Waals surface area contributed by atoms with E-state index in [-0.39, 0.29) is 6.04 Å². The third kappa shape index (κ3) is 3.06. The number of nitrogens with zero attached hydrogens (tertiary/aromatic N) is 1.